The Labute approximate surface area is 174 Å². The number of hydrogen-bond acceptors (Lipinski definition) is 6. The summed E-state index contributed by atoms with van der Waals surface area (Å²) in [7, 11) is -1.98. The average Bonchev–Trinajstić information content (AvgIpc) is 3.24. The van der Waals surface area contributed by atoms with Crippen molar-refractivity contribution >= 4 is 21.6 Å². The molecule has 1 saturated heterocycles. The summed E-state index contributed by atoms with van der Waals surface area (Å²) < 4.78 is 38.4. The minimum absolute atomic E-state index is 0.0109. The molecule has 0 atom stereocenters. The van der Waals surface area contributed by atoms with Crippen molar-refractivity contribution in [2.45, 2.75) is 23.7 Å². The van der Waals surface area contributed by atoms with Crippen LogP contribution in [0, 0.1) is 0 Å². The minimum atomic E-state index is -3.57. The number of para-hydroxylation sites is 1. The summed E-state index contributed by atoms with van der Waals surface area (Å²) in [6, 6.07) is 13.8. The summed E-state index contributed by atoms with van der Waals surface area (Å²) in [5, 5.41) is 8.74. The number of ether oxygens (including phenoxy) is 1. The summed E-state index contributed by atoms with van der Waals surface area (Å²) >= 11 is 5.95. The van der Waals surface area contributed by atoms with Crippen LogP contribution in [0.1, 0.15) is 24.7 Å². The van der Waals surface area contributed by atoms with Crippen molar-refractivity contribution in [1.82, 2.24) is 14.5 Å². The summed E-state index contributed by atoms with van der Waals surface area (Å²) in [4.78, 5) is 0.208. The zero-order valence-corrected chi connectivity index (χ0v) is 17.4. The molecule has 0 amide bonds. The van der Waals surface area contributed by atoms with Gasteiger partial charge < -0.3 is 9.15 Å². The molecule has 152 valence electrons. The van der Waals surface area contributed by atoms with Crippen LogP contribution in [-0.4, -0.2) is 43.1 Å². The molecule has 0 radical (unpaired) electrons. The largest absolute Gasteiger partial charge is 0.496 e. The Balaban J connectivity index is 1.47. The van der Waals surface area contributed by atoms with E-state index in [-0.39, 0.29) is 10.8 Å². The third kappa shape index (κ3) is 4.01. The predicted octanol–water partition coefficient (Wildman–Crippen LogP) is 3.97. The van der Waals surface area contributed by atoms with Gasteiger partial charge in [0, 0.05) is 24.0 Å². The van der Waals surface area contributed by atoms with Crippen LogP contribution in [0.5, 0.6) is 5.75 Å². The van der Waals surface area contributed by atoms with Crippen molar-refractivity contribution in [1.29, 1.82) is 0 Å². The van der Waals surface area contributed by atoms with Gasteiger partial charge in [-0.1, -0.05) is 29.8 Å². The highest BCUT2D eigenvalue weighted by molar-refractivity contribution is 7.89. The first-order valence-electron chi connectivity index (χ1n) is 9.21. The fraction of sp³-hybridized carbons (Fsp3) is 0.300. The van der Waals surface area contributed by atoms with Gasteiger partial charge in [-0.15, -0.1) is 10.2 Å². The molecule has 29 heavy (non-hydrogen) atoms. The zero-order valence-electron chi connectivity index (χ0n) is 15.8. The van der Waals surface area contributed by atoms with E-state index in [1.54, 1.807) is 25.3 Å². The molecular formula is C20H20ClN3O4S. The predicted molar refractivity (Wildman–Crippen MR) is 108 cm³/mol. The highest BCUT2D eigenvalue weighted by Crippen LogP contribution is 2.34. The minimum Gasteiger partial charge on any atom is -0.496 e. The Morgan fingerprint density at radius 1 is 1.10 bits per heavy atom. The number of halogens is 1. The molecule has 1 aliphatic rings. The first-order valence-corrected chi connectivity index (χ1v) is 11.0. The van der Waals surface area contributed by atoms with E-state index in [4.69, 9.17) is 20.8 Å². The van der Waals surface area contributed by atoms with Gasteiger partial charge in [0.1, 0.15) is 5.75 Å². The van der Waals surface area contributed by atoms with E-state index >= 15 is 0 Å². The van der Waals surface area contributed by atoms with Crippen molar-refractivity contribution in [2.75, 3.05) is 20.2 Å². The third-order valence-corrected chi connectivity index (χ3v) is 7.14. The Kier molecular flexibility index (Phi) is 5.58. The Hall–Kier alpha value is -2.42. The molecule has 3 aromatic rings. The number of sulfonamides is 1. The van der Waals surface area contributed by atoms with Crippen LogP contribution in [-0.2, 0) is 10.0 Å². The Morgan fingerprint density at radius 3 is 2.59 bits per heavy atom. The zero-order chi connectivity index (χ0) is 20.4. The second kappa shape index (κ2) is 8.14. The number of rotatable bonds is 5. The molecule has 2 aromatic carbocycles. The molecule has 4 rings (SSSR count). The molecule has 7 nitrogen and oxygen atoms in total. The maximum Gasteiger partial charge on any atom is 0.251 e. The van der Waals surface area contributed by atoms with Crippen molar-refractivity contribution < 1.29 is 17.6 Å². The van der Waals surface area contributed by atoms with E-state index in [2.05, 4.69) is 10.2 Å². The molecule has 9 heteroatoms. The van der Waals surface area contributed by atoms with Gasteiger partial charge in [0.05, 0.1) is 17.6 Å². The highest BCUT2D eigenvalue weighted by atomic mass is 35.5. The fourth-order valence-electron chi connectivity index (χ4n) is 3.45. The number of nitrogens with zero attached hydrogens (tertiary/aromatic N) is 3. The Morgan fingerprint density at radius 2 is 1.86 bits per heavy atom. The molecule has 2 heterocycles. The van der Waals surface area contributed by atoms with Gasteiger partial charge in [0.25, 0.3) is 5.89 Å². The van der Waals surface area contributed by atoms with Crippen LogP contribution in [0.15, 0.2) is 57.8 Å². The lowest BCUT2D eigenvalue weighted by atomic mass is 9.98. The maximum atomic E-state index is 12.8. The molecule has 0 unspecified atom stereocenters. The smallest absolute Gasteiger partial charge is 0.251 e. The van der Waals surface area contributed by atoms with E-state index in [1.807, 2.05) is 24.3 Å². The van der Waals surface area contributed by atoms with Crippen LogP contribution in [0.2, 0.25) is 5.02 Å². The van der Waals surface area contributed by atoms with Gasteiger partial charge in [-0.2, -0.15) is 4.31 Å². The van der Waals surface area contributed by atoms with Gasteiger partial charge in [0.15, 0.2) is 0 Å². The standard InChI is InChI=1S/C20H20ClN3O4S/c1-27-18-8-3-2-7-17(18)20-23-22-19(28-20)14-9-11-24(12-10-14)29(25,26)16-6-4-5-15(21)13-16/h2-8,13-14H,9-12H2,1H3. The van der Waals surface area contributed by atoms with Gasteiger partial charge in [0.2, 0.25) is 15.9 Å². The van der Waals surface area contributed by atoms with Gasteiger partial charge in [-0.05, 0) is 43.2 Å². The Bertz CT molecular complexity index is 1110. The van der Waals surface area contributed by atoms with E-state index < -0.39 is 10.0 Å². The molecule has 0 saturated carbocycles. The van der Waals surface area contributed by atoms with Crippen LogP contribution >= 0.6 is 11.6 Å². The van der Waals surface area contributed by atoms with E-state index in [0.29, 0.717) is 48.5 Å². The quantitative estimate of drug-likeness (QED) is 0.605. The maximum absolute atomic E-state index is 12.8. The summed E-state index contributed by atoms with van der Waals surface area (Å²) in [5.41, 5.74) is 0.731. The van der Waals surface area contributed by atoms with Gasteiger partial charge >= 0.3 is 0 Å². The van der Waals surface area contributed by atoms with Crippen molar-refractivity contribution in [2.24, 2.45) is 0 Å². The number of aromatic nitrogens is 2. The molecule has 1 aromatic heterocycles. The van der Waals surface area contributed by atoms with E-state index in [1.165, 1.54) is 10.4 Å². The average molecular weight is 434 g/mol. The SMILES string of the molecule is COc1ccccc1-c1nnc(C2CCN(S(=O)(=O)c3cccc(Cl)c3)CC2)o1. The second-order valence-electron chi connectivity index (χ2n) is 6.78. The molecule has 0 bridgehead atoms. The van der Waals surface area contributed by atoms with Gasteiger partial charge in [-0.25, -0.2) is 8.42 Å². The fourth-order valence-corrected chi connectivity index (χ4v) is 5.22. The lowest BCUT2D eigenvalue weighted by Crippen LogP contribution is -2.37. The molecule has 0 spiro atoms. The molecule has 1 aliphatic heterocycles. The lowest BCUT2D eigenvalue weighted by Gasteiger charge is -2.29. The van der Waals surface area contributed by atoms with Crippen molar-refractivity contribution in [3.63, 3.8) is 0 Å². The third-order valence-electron chi connectivity index (χ3n) is 5.02. The normalized spacial score (nSPS) is 16.1. The molecular weight excluding hydrogens is 414 g/mol. The monoisotopic (exact) mass is 433 g/mol. The topological polar surface area (TPSA) is 85.5 Å². The molecule has 1 fully saturated rings. The van der Waals surface area contributed by atoms with Crippen LogP contribution in [0.25, 0.3) is 11.5 Å². The van der Waals surface area contributed by atoms with Crippen LogP contribution in [0.4, 0.5) is 0 Å². The van der Waals surface area contributed by atoms with Crippen LogP contribution < -0.4 is 4.74 Å². The number of piperidine rings is 1. The molecule has 0 aliphatic carbocycles. The number of benzene rings is 2. The first kappa shape index (κ1) is 19.9. The first-order chi connectivity index (χ1) is 14.0. The highest BCUT2D eigenvalue weighted by Gasteiger charge is 2.32. The van der Waals surface area contributed by atoms with Crippen LogP contribution in [0.3, 0.4) is 0 Å². The van der Waals surface area contributed by atoms with E-state index in [0.717, 1.165) is 5.56 Å². The summed E-state index contributed by atoms with van der Waals surface area (Å²) in [6.07, 6.45) is 1.21. The van der Waals surface area contributed by atoms with Crippen molar-refractivity contribution in [3.05, 3.63) is 59.4 Å². The second-order valence-corrected chi connectivity index (χ2v) is 9.16. The van der Waals surface area contributed by atoms with Crippen molar-refractivity contribution in [3.8, 4) is 17.2 Å². The molecule has 0 N–H and O–H groups in total. The van der Waals surface area contributed by atoms with Gasteiger partial charge in [-0.3, -0.25) is 0 Å². The van der Waals surface area contributed by atoms with E-state index in [9.17, 15) is 8.42 Å². The lowest BCUT2D eigenvalue weighted by molar-refractivity contribution is 0.291. The number of methoxy groups -OCH3 is 1. The summed E-state index contributed by atoms with van der Waals surface area (Å²) in [5.74, 6) is 1.58. The summed E-state index contributed by atoms with van der Waals surface area (Å²) in [6.45, 7) is 0.762. The number of hydrogen-bond donors (Lipinski definition) is 0.